The van der Waals surface area contributed by atoms with E-state index in [4.69, 9.17) is 0 Å². The lowest BCUT2D eigenvalue weighted by atomic mass is 10.2. The summed E-state index contributed by atoms with van der Waals surface area (Å²) in [6.07, 6.45) is -4.26. The minimum Gasteiger partial charge on any atom is -0.469 e. The zero-order valence-electron chi connectivity index (χ0n) is 11.0. The quantitative estimate of drug-likeness (QED) is 0.532. The van der Waals surface area contributed by atoms with Gasteiger partial charge in [0.25, 0.3) is 0 Å². The van der Waals surface area contributed by atoms with Crippen LogP contribution < -0.4 is 5.32 Å². The molecule has 0 spiro atoms. The normalized spacial score (nSPS) is 11.2. The molecule has 0 rings (SSSR count). The predicted octanol–water partition coefficient (Wildman–Crippen LogP) is 0.940. The maximum Gasteiger partial charge on any atom is 0.406 e. The molecule has 0 bridgehead atoms. The van der Waals surface area contributed by atoms with Crippen molar-refractivity contribution in [3.63, 3.8) is 0 Å². The first-order valence-corrected chi connectivity index (χ1v) is 5.86. The molecule has 0 unspecified atom stereocenters. The van der Waals surface area contributed by atoms with Crippen LogP contribution in [0.25, 0.3) is 0 Å². The van der Waals surface area contributed by atoms with Gasteiger partial charge in [-0.05, 0) is 20.0 Å². The molecule has 0 aliphatic heterocycles. The van der Waals surface area contributed by atoms with Gasteiger partial charge < -0.3 is 15.0 Å². The molecule has 0 heterocycles. The summed E-state index contributed by atoms with van der Waals surface area (Å²) in [7, 11) is 2.83. The maximum absolute atomic E-state index is 12.3. The van der Waals surface area contributed by atoms with E-state index in [9.17, 15) is 22.8 Å². The Morgan fingerprint density at radius 2 is 1.89 bits per heavy atom. The van der Waals surface area contributed by atoms with Gasteiger partial charge in [-0.15, -0.1) is 0 Å². The highest BCUT2D eigenvalue weighted by Crippen LogP contribution is 2.17. The third kappa shape index (κ3) is 9.29. The van der Waals surface area contributed by atoms with Crippen LogP contribution in [-0.2, 0) is 14.3 Å². The molecule has 0 aliphatic rings. The molecule has 0 fully saturated rings. The monoisotopic (exact) mass is 284 g/mol. The van der Waals surface area contributed by atoms with Gasteiger partial charge in [0.1, 0.15) is 6.54 Å². The fourth-order valence-electron chi connectivity index (χ4n) is 1.41. The minimum absolute atomic E-state index is 0.0120. The smallest absolute Gasteiger partial charge is 0.406 e. The van der Waals surface area contributed by atoms with Crippen molar-refractivity contribution in [1.29, 1.82) is 0 Å². The first-order valence-electron chi connectivity index (χ1n) is 5.86. The summed E-state index contributed by atoms with van der Waals surface area (Å²) >= 11 is 0. The van der Waals surface area contributed by atoms with Crippen LogP contribution in [0, 0.1) is 0 Å². The number of amides is 1. The number of halogens is 3. The number of nitrogens with one attached hydrogen (secondary N) is 1. The third-order valence-electron chi connectivity index (χ3n) is 2.35. The van der Waals surface area contributed by atoms with Crippen LogP contribution >= 0.6 is 0 Å². The van der Waals surface area contributed by atoms with Gasteiger partial charge in [-0.2, -0.15) is 13.2 Å². The van der Waals surface area contributed by atoms with Gasteiger partial charge in [-0.25, -0.2) is 0 Å². The van der Waals surface area contributed by atoms with E-state index in [0.29, 0.717) is 17.9 Å². The summed E-state index contributed by atoms with van der Waals surface area (Å²) < 4.78 is 41.4. The number of ether oxygens (including phenoxy) is 1. The third-order valence-corrected chi connectivity index (χ3v) is 2.35. The topological polar surface area (TPSA) is 58.6 Å². The molecule has 1 N–H and O–H groups in total. The van der Waals surface area contributed by atoms with Crippen LogP contribution in [0.1, 0.15) is 19.3 Å². The number of rotatable bonds is 8. The standard InChI is InChI=1S/C11H19F3N2O3/c1-15-6-3-4-9(17)16(8-11(12,13)14)7-5-10(18)19-2/h15H,3-8H2,1-2H3. The van der Waals surface area contributed by atoms with Crippen molar-refractivity contribution in [3.05, 3.63) is 0 Å². The molecule has 0 radical (unpaired) electrons. The SMILES string of the molecule is CNCCCC(=O)N(CCC(=O)OC)CC(F)(F)F. The van der Waals surface area contributed by atoms with Crippen molar-refractivity contribution >= 4 is 11.9 Å². The number of carbonyl (C=O) groups excluding carboxylic acids is 2. The molecular weight excluding hydrogens is 265 g/mol. The minimum atomic E-state index is -4.48. The van der Waals surface area contributed by atoms with Gasteiger partial charge >= 0.3 is 12.1 Å². The lowest BCUT2D eigenvalue weighted by Gasteiger charge is -2.23. The van der Waals surface area contributed by atoms with Crippen LogP contribution in [0.4, 0.5) is 13.2 Å². The lowest BCUT2D eigenvalue weighted by molar-refractivity contribution is -0.162. The molecule has 1 amide bonds. The summed E-state index contributed by atoms with van der Waals surface area (Å²) in [6.45, 7) is -1.09. The van der Waals surface area contributed by atoms with Crippen LogP contribution in [-0.4, -0.2) is 56.7 Å². The highest BCUT2D eigenvalue weighted by Gasteiger charge is 2.32. The molecule has 0 aromatic heterocycles. The predicted molar refractivity (Wildman–Crippen MR) is 62.4 cm³/mol. The second-order valence-electron chi connectivity index (χ2n) is 3.96. The average Bonchev–Trinajstić information content (AvgIpc) is 2.32. The van der Waals surface area contributed by atoms with E-state index in [1.165, 1.54) is 0 Å². The zero-order chi connectivity index (χ0) is 14.9. The molecule has 0 aromatic carbocycles. The van der Waals surface area contributed by atoms with E-state index in [2.05, 4.69) is 10.1 Å². The molecule has 112 valence electrons. The molecule has 0 saturated heterocycles. The molecule has 19 heavy (non-hydrogen) atoms. The summed E-state index contributed by atoms with van der Waals surface area (Å²) in [6, 6.07) is 0. The van der Waals surface area contributed by atoms with E-state index in [1.807, 2.05) is 0 Å². The van der Waals surface area contributed by atoms with Crippen molar-refractivity contribution in [2.24, 2.45) is 0 Å². The average molecular weight is 284 g/mol. The molecule has 0 saturated carbocycles. The van der Waals surface area contributed by atoms with Crippen LogP contribution in [0.15, 0.2) is 0 Å². The fraction of sp³-hybridized carbons (Fsp3) is 0.818. The van der Waals surface area contributed by atoms with E-state index < -0.39 is 24.6 Å². The van der Waals surface area contributed by atoms with E-state index >= 15 is 0 Å². The molecular formula is C11H19F3N2O3. The van der Waals surface area contributed by atoms with Crippen molar-refractivity contribution in [2.75, 3.05) is 33.8 Å². The maximum atomic E-state index is 12.3. The molecule has 8 heteroatoms. The van der Waals surface area contributed by atoms with Gasteiger partial charge in [-0.3, -0.25) is 9.59 Å². The Labute approximate surface area is 110 Å². The van der Waals surface area contributed by atoms with Gasteiger partial charge in [0.15, 0.2) is 0 Å². The van der Waals surface area contributed by atoms with Crippen molar-refractivity contribution in [1.82, 2.24) is 10.2 Å². The fourth-order valence-corrected chi connectivity index (χ4v) is 1.41. The summed E-state index contributed by atoms with van der Waals surface area (Å²) in [5.74, 6) is -1.26. The van der Waals surface area contributed by atoms with Crippen molar-refractivity contribution < 1.29 is 27.5 Å². The summed E-state index contributed by atoms with van der Waals surface area (Å²) in [4.78, 5) is 23.2. The van der Waals surface area contributed by atoms with Crippen LogP contribution in [0.2, 0.25) is 0 Å². The van der Waals surface area contributed by atoms with Crippen LogP contribution in [0.3, 0.4) is 0 Å². The van der Waals surface area contributed by atoms with Crippen molar-refractivity contribution in [2.45, 2.75) is 25.4 Å². The Hall–Kier alpha value is -1.31. The number of hydrogen-bond donors (Lipinski definition) is 1. The Morgan fingerprint density at radius 1 is 1.26 bits per heavy atom. The first kappa shape index (κ1) is 17.7. The summed E-state index contributed by atoms with van der Waals surface area (Å²) in [5, 5.41) is 2.80. The Bertz CT molecular complexity index is 295. The highest BCUT2D eigenvalue weighted by atomic mass is 19.4. The molecule has 0 atom stereocenters. The Morgan fingerprint density at radius 3 is 2.37 bits per heavy atom. The Balaban J connectivity index is 4.39. The number of esters is 1. The molecule has 0 aromatic rings. The van der Waals surface area contributed by atoms with E-state index in [0.717, 1.165) is 7.11 Å². The first-order chi connectivity index (χ1) is 8.80. The Kier molecular flexibility index (Phi) is 8.13. The lowest BCUT2D eigenvalue weighted by Crippen LogP contribution is -2.40. The molecule has 5 nitrogen and oxygen atoms in total. The summed E-state index contributed by atoms with van der Waals surface area (Å²) in [5.41, 5.74) is 0. The van der Waals surface area contributed by atoms with Gasteiger partial charge in [0.2, 0.25) is 5.91 Å². The number of nitrogens with zero attached hydrogens (tertiary/aromatic N) is 1. The van der Waals surface area contributed by atoms with E-state index in [1.54, 1.807) is 7.05 Å². The van der Waals surface area contributed by atoms with E-state index in [-0.39, 0.29) is 19.4 Å². The number of alkyl halides is 3. The second-order valence-corrected chi connectivity index (χ2v) is 3.96. The van der Waals surface area contributed by atoms with Gasteiger partial charge in [0.05, 0.1) is 13.5 Å². The number of carbonyl (C=O) groups is 2. The largest absolute Gasteiger partial charge is 0.469 e. The van der Waals surface area contributed by atoms with Crippen molar-refractivity contribution in [3.8, 4) is 0 Å². The number of methoxy groups -OCH3 is 1. The second kappa shape index (κ2) is 8.73. The highest BCUT2D eigenvalue weighted by molar-refractivity contribution is 5.77. The van der Waals surface area contributed by atoms with Gasteiger partial charge in [-0.1, -0.05) is 0 Å². The van der Waals surface area contributed by atoms with Crippen LogP contribution in [0.5, 0.6) is 0 Å². The number of hydrogen-bond acceptors (Lipinski definition) is 4. The van der Waals surface area contributed by atoms with Gasteiger partial charge in [0, 0.05) is 13.0 Å². The zero-order valence-corrected chi connectivity index (χ0v) is 11.0. The molecule has 0 aliphatic carbocycles.